The maximum Gasteiger partial charge on any atom is 0.341 e. The molecule has 1 N–H and O–H groups in total. The molecular formula is C18H18FN3O3S2. The molecule has 2 aliphatic rings. The normalized spacial score (nSPS) is 19.5. The van der Waals surface area contributed by atoms with Gasteiger partial charge in [-0.25, -0.2) is 9.18 Å². The number of hydrogen-bond donors (Lipinski definition) is 2. The van der Waals surface area contributed by atoms with E-state index in [1.54, 1.807) is 14.9 Å². The number of halogens is 1. The lowest BCUT2D eigenvalue weighted by Crippen LogP contribution is -2.30. The minimum absolute atomic E-state index is 0.0842. The quantitative estimate of drug-likeness (QED) is 0.587. The molecule has 2 heterocycles. The van der Waals surface area contributed by atoms with Crippen LogP contribution in [0.4, 0.5) is 10.1 Å². The Kier molecular flexibility index (Phi) is 4.59. The summed E-state index contributed by atoms with van der Waals surface area (Å²) in [6.45, 7) is 1.22. The molecule has 2 aromatic rings. The summed E-state index contributed by atoms with van der Waals surface area (Å²) in [6.07, 6.45) is 4.01. The fourth-order valence-electron chi connectivity index (χ4n) is 3.67. The Hall–Kier alpha value is -2.13. The van der Waals surface area contributed by atoms with Crippen molar-refractivity contribution in [1.29, 1.82) is 0 Å². The lowest BCUT2D eigenvalue weighted by atomic mass is 10.1. The van der Waals surface area contributed by atoms with E-state index in [1.807, 2.05) is 4.90 Å². The monoisotopic (exact) mass is 407 g/mol. The predicted octanol–water partition coefficient (Wildman–Crippen LogP) is 2.86. The van der Waals surface area contributed by atoms with Gasteiger partial charge >= 0.3 is 5.97 Å². The van der Waals surface area contributed by atoms with Crippen LogP contribution in [0.1, 0.15) is 35.7 Å². The van der Waals surface area contributed by atoms with Gasteiger partial charge in [-0.3, -0.25) is 4.79 Å². The fourth-order valence-corrected chi connectivity index (χ4v) is 4.03. The predicted molar refractivity (Wildman–Crippen MR) is 108 cm³/mol. The number of fused-ring (bicyclic) bond motifs is 1. The number of aromatic nitrogens is 1. The van der Waals surface area contributed by atoms with Crippen LogP contribution < -0.4 is 10.3 Å². The van der Waals surface area contributed by atoms with E-state index in [4.69, 9.17) is 12.2 Å². The van der Waals surface area contributed by atoms with Gasteiger partial charge in [-0.05, 0) is 31.4 Å². The Morgan fingerprint density at radius 1 is 1.37 bits per heavy atom. The number of hydrogen-bond acceptors (Lipinski definition) is 5. The first-order chi connectivity index (χ1) is 12.9. The molecule has 0 amide bonds. The van der Waals surface area contributed by atoms with Gasteiger partial charge in [0.15, 0.2) is 0 Å². The number of anilines is 1. The maximum atomic E-state index is 14.8. The van der Waals surface area contributed by atoms with Gasteiger partial charge in [0.2, 0.25) is 5.43 Å². The summed E-state index contributed by atoms with van der Waals surface area (Å²) in [5.41, 5.74) is 1.47. The molecule has 1 atom stereocenters. The maximum absolute atomic E-state index is 14.8. The molecule has 9 heteroatoms. The molecule has 1 unspecified atom stereocenters. The van der Waals surface area contributed by atoms with Crippen molar-refractivity contribution in [3.8, 4) is 0 Å². The van der Waals surface area contributed by atoms with Crippen LogP contribution >= 0.6 is 25.0 Å². The second-order valence-corrected chi connectivity index (χ2v) is 7.68. The zero-order chi connectivity index (χ0) is 19.3. The molecule has 1 aromatic heterocycles. The van der Waals surface area contributed by atoms with Gasteiger partial charge in [-0.1, -0.05) is 25.0 Å². The second kappa shape index (κ2) is 6.79. The molecule has 1 aromatic carbocycles. The van der Waals surface area contributed by atoms with Crippen LogP contribution in [-0.2, 0) is 0 Å². The molecule has 4 rings (SSSR count). The van der Waals surface area contributed by atoms with Crippen molar-refractivity contribution < 1.29 is 14.3 Å². The van der Waals surface area contributed by atoms with E-state index in [0.29, 0.717) is 24.3 Å². The first kappa shape index (κ1) is 18.2. The number of carbonyl (C=O) groups is 1. The average Bonchev–Trinajstić information content (AvgIpc) is 3.37. The number of pyridine rings is 1. The van der Waals surface area contributed by atoms with Crippen LogP contribution in [0.15, 0.2) is 23.1 Å². The Morgan fingerprint density at radius 3 is 2.74 bits per heavy atom. The van der Waals surface area contributed by atoms with E-state index in [2.05, 4.69) is 12.8 Å². The molecule has 6 nitrogen and oxygen atoms in total. The van der Waals surface area contributed by atoms with Gasteiger partial charge in [-0.2, -0.15) is 0 Å². The number of benzene rings is 1. The Morgan fingerprint density at radius 2 is 2.11 bits per heavy atom. The molecule has 142 valence electrons. The van der Waals surface area contributed by atoms with Crippen molar-refractivity contribution in [1.82, 2.24) is 8.87 Å². The standard InChI is InChI=1S/C18H18FN3O3S2/c19-14-5-12-15(6-16(14)20-4-3-11(7-20)22(27)9-26)21(10-1-2-10)8-13(17(12)23)18(24)25/h5-6,8-11,27H,1-4,7H2,(H,24,25). The van der Waals surface area contributed by atoms with Gasteiger partial charge in [0.25, 0.3) is 0 Å². The molecular weight excluding hydrogens is 389 g/mol. The summed E-state index contributed by atoms with van der Waals surface area (Å²) < 4.78 is 18.3. The SMILES string of the molecule is O=C(O)c1cn(C2CC2)c2cc(N3CCC(N(S)C=S)C3)c(F)cc2c1=O. The fraction of sp³-hybridized carbons (Fsp3) is 0.389. The van der Waals surface area contributed by atoms with Crippen molar-refractivity contribution in [2.75, 3.05) is 18.0 Å². The smallest absolute Gasteiger partial charge is 0.341 e. The summed E-state index contributed by atoms with van der Waals surface area (Å²) in [4.78, 5) is 25.8. The van der Waals surface area contributed by atoms with Gasteiger partial charge in [0, 0.05) is 30.7 Å². The summed E-state index contributed by atoms with van der Waals surface area (Å²) in [7, 11) is 0. The van der Waals surface area contributed by atoms with Gasteiger partial charge in [0.05, 0.1) is 22.7 Å². The highest BCUT2D eigenvalue weighted by molar-refractivity contribution is 7.83. The number of aromatic carboxylic acids is 1. The number of carboxylic acids is 1. The Balaban J connectivity index is 1.83. The van der Waals surface area contributed by atoms with Crippen LogP contribution in [0, 0.1) is 5.82 Å². The van der Waals surface area contributed by atoms with Crippen molar-refractivity contribution in [3.63, 3.8) is 0 Å². The zero-order valence-corrected chi connectivity index (χ0v) is 16.0. The zero-order valence-electron chi connectivity index (χ0n) is 14.3. The number of thiocarbonyl (C=S) groups is 1. The number of thiol groups is 1. The summed E-state index contributed by atoms with van der Waals surface area (Å²) in [5.74, 6) is -1.82. The van der Waals surface area contributed by atoms with Crippen LogP contribution in [0.2, 0.25) is 0 Å². The van der Waals surface area contributed by atoms with E-state index in [-0.39, 0.29) is 23.0 Å². The Bertz CT molecular complexity index is 1010. The summed E-state index contributed by atoms with van der Waals surface area (Å²) in [5, 5.41) is 9.42. The molecule has 0 spiro atoms. The minimum Gasteiger partial charge on any atom is -0.477 e. The molecule has 2 fully saturated rings. The molecule has 1 saturated heterocycles. The van der Waals surface area contributed by atoms with E-state index in [1.165, 1.54) is 17.8 Å². The van der Waals surface area contributed by atoms with E-state index in [0.717, 1.165) is 19.3 Å². The highest BCUT2D eigenvalue weighted by atomic mass is 32.1. The molecule has 27 heavy (non-hydrogen) atoms. The van der Waals surface area contributed by atoms with Crippen molar-refractivity contribution >= 4 is 53.1 Å². The van der Waals surface area contributed by atoms with Crippen LogP contribution in [0.25, 0.3) is 10.9 Å². The molecule has 1 saturated carbocycles. The molecule has 0 radical (unpaired) electrons. The lowest BCUT2D eigenvalue weighted by molar-refractivity contribution is 0.0695. The topological polar surface area (TPSA) is 65.8 Å². The highest BCUT2D eigenvalue weighted by Gasteiger charge is 2.30. The van der Waals surface area contributed by atoms with Crippen LogP contribution in [0.5, 0.6) is 0 Å². The van der Waals surface area contributed by atoms with E-state index in [9.17, 15) is 19.1 Å². The van der Waals surface area contributed by atoms with E-state index >= 15 is 0 Å². The van der Waals surface area contributed by atoms with Crippen molar-refractivity contribution in [2.24, 2.45) is 0 Å². The largest absolute Gasteiger partial charge is 0.477 e. The van der Waals surface area contributed by atoms with Crippen molar-refractivity contribution in [3.05, 3.63) is 39.9 Å². The van der Waals surface area contributed by atoms with Crippen LogP contribution in [0.3, 0.4) is 0 Å². The second-order valence-electron chi connectivity index (χ2n) is 7.01. The van der Waals surface area contributed by atoms with Gasteiger partial charge in [0.1, 0.15) is 11.4 Å². The minimum atomic E-state index is -1.29. The molecule has 1 aliphatic carbocycles. The number of nitrogens with zero attached hydrogens (tertiary/aromatic N) is 3. The lowest BCUT2D eigenvalue weighted by Gasteiger charge is -2.23. The molecule has 1 aliphatic heterocycles. The molecule has 0 bridgehead atoms. The number of carboxylic acid groups (broad SMARTS) is 1. The van der Waals surface area contributed by atoms with Crippen molar-refractivity contribution in [2.45, 2.75) is 31.3 Å². The third-order valence-electron chi connectivity index (χ3n) is 5.26. The first-order valence-electron chi connectivity index (χ1n) is 8.70. The van der Waals surface area contributed by atoms with E-state index < -0.39 is 17.2 Å². The summed E-state index contributed by atoms with van der Waals surface area (Å²) in [6, 6.07) is 3.07. The van der Waals surface area contributed by atoms with Crippen LogP contribution in [-0.4, -0.2) is 44.6 Å². The summed E-state index contributed by atoms with van der Waals surface area (Å²) >= 11 is 9.21. The van der Waals surface area contributed by atoms with Gasteiger partial charge in [-0.15, -0.1) is 0 Å². The third-order valence-corrected chi connectivity index (χ3v) is 6.08. The first-order valence-corrected chi connectivity index (χ1v) is 9.57. The number of rotatable bonds is 5. The third kappa shape index (κ3) is 3.19. The average molecular weight is 407 g/mol. The van der Waals surface area contributed by atoms with Gasteiger partial charge < -0.3 is 18.9 Å². The highest BCUT2D eigenvalue weighted by Crippen LogP contribution is 2.38. The Labute approximate surface area is 165 Å².